The smallest absolute Gasteiger partial charge is 0.416 e. The molecule has 0 fully saturated rings. The normalized spacial score (nSPS) is 11.6. The number of aliphatic imine (C=N–C) groups is 1. The van der Waals surface area contributed by atoms with Crippen molar-refractivity contribution in [2.45, 2.75) is 13.1 Å². The molecule has 0 heterocycles. The van der Waals surface area contributed by atoms with Gasteiger partial charge in [-0.15, -0.1) is 0 Å². The topological polar surface area (TPSA) is 51.0 Å². The Hall–Kier alpha value is -3.55. The summed E-state index contributed by atoms with van der Waals surface area (Å²) in [5, 5.41) is 10.2. The average Bonchev–Trinajstić information content (AvgIpc) is 2.69. The molecule has 0 unspecified atom stereocenters. The molecule has 0 aliphatic rings. The van der Waals surface area contributed by atoms with Crippen LogP contribution in [-0.2, 0) is 6.18 Å². The molecule has 0 radical (unpaired) electrons. The number of nitrogens with zero attached hydrogens (tertiary/aromatic N) is 1. The summed E-state index contributed by atoms with van der Waals surface area (Å²) in [6.45, 7) is 2.08. The highest BCUT2D eigenvalue weighted by molar-refractivity contribution is 5.87. The van der Waals surface area contributed by atoms with E-state index in [1.165, 1.54) is 30.5 Å². The van der Waals surface area contributed by atoms with Crippen LogP contribution in [-0.4, -0.2) is 17.9 Å². The van der Waals surface area contributed by atoms with E-state index in [2.05, 4.69) is 4.99 Å². The van der Waals surface area contributed by atoms with E-state index in [0.29, 0.717) is 6.61 Å². The number of hydrogen-bond acceptors (Lipinski definition) is 4. The van der Waals surface area contributed by atoms with Crippen molar-refractivity contribution in [3.8, 4) is 23.0 Å². The number of para-hydroxylation sites is 1. The van der Waals surface area contributed by atoms with Gasteiger partial charge in [0.2, 0.25) is 0 Å². The molecule has 4 nitrogen and oxygen atoms in total. The lowest BCUT2D eigenvalue weighted by molar-refractivity contribution is -0.137. The van der Waals surface area contributed by atoms with Crippen LogP contribution < -0.4 is 9.47 Å². The SMILES string of the molecule is CCOc1cccc(C=Nc2cc(C(F)(F)F)ccc2Oc2cccc(F)c2)c1O. The monoisotopic (exact) mass is 419 g/mol. The number of rotatable bonds is 6. The Labute approximate surface area is 170 Å². The van der Waals surface area contributed by atoms with Gasteiger partial charge in [0.05, 0.1) is 12.2 Å². The highest BCUT2D eigenvalue weighted by atomic mass is 19.4. The summed E-state index contributed by atoms with van der Waals surface area (Å²) in [5.41, 5.74) is -0.820. The Balaban J connectivity index is 2.00. The molecule has 8 heteroatoms. The first-order valence-corrected chi connectivity index (χ1v) is 8.91. The third-order valence-corrected chi connectivity index (χ3v) is 3.98. The number of benzene rings is 3. The highest BCUT2D eigenvalue weighted by Gasteiger charge is 2.31. The Morgan fingerprint density at radius 3 is 2.47 bits per heavy atom. The molecular formula is C22H17F4NO3. The fraction of sp³-hybridized carbons (Fsp3) is 0.136. The lowest BCUT2D eigenvalue weighted by Gasteiger charge is -2.12. The Morgan fingerprint density at radius 2 is 1.77 bits per heavy atom. The predicted octanol–water partition coefficient (Wildman–Crippen LogP) is 6.49. The molecule has 0 aliphatic heterocycles. The Morgan fingerprint density at radius 1 is 1.00 bits per heavy atom. The summed E-state index contributed by atoms with van der Waals surface area (Å²) < 4.78 is 63.7. The lowest BCUT2D eigenvalue weighted by atomic mass is 10.1. The minimum Gasteiger partial charge on any atom is -0.504 e. The summed E-state index contributed by atoms with van der Waals surface area (Å²) >= 11 is 0. The van der Waals surface area contributed by atoms with Gasteiger partial charge in [-0.25, -0.2) is 4.39 Å². The van der Waals surface area contributed by atoms with Crippen molar-refractivity contribution in [3.63, 3.8) is 0 Å². The van der Waals surface area contributed by atoms with Gasteiger partial charge in [-0.1, -0.05) is 12.1 Å². The first-order chi connectivity index (χ1) is 14.3. The fourth-order valence-electron chi connectivity index (χ4n) is 2.59. The summed E-state index contributed by atoms with van der Waals surface area (Å²) in [5.74, 6) is -0.427. The van der Waals surface area contributed by atoms with E-state index < -0.39 is 17.6 Å². The zero-order valence-corrected chi connectivity index (χ0v) is 15.8. The van der Waals surface area contributed by atoms with E-state index in [9.17, 15) is 22.7 Å². The summed E-state index contributed by atoms with van der Waals surface area (Å²) in [6.07, 6.45) is -3.38. The Kier molecular flexibility index (Phi) is 6.25. The maximum Gasteiger partial charge on any atom is 0.416 e. The number of ether oxygens (including phenoxy) is 2. The van der Waals surface area contributed by atoms with Gasteiger partial charge in [0.15, 0.2) is 17.2 Å². The summed E-state index contributed by atoms with van der Waals surface area (Å²) in [4.78, 5) is 4.07. The third kappa shape index (κ3) is 5.08. The maximum atomic E-state index is 13.4. The number of aromatic hydroxyl groups is 1. The van der Waals surface area contributed by atoms with Gasteiger partial charge < -0.3 is 14.6 Å². The number of halogens is 4. The molecule has 0 atom stereocenters. The number of phenols is 1. The standard InChI is InChI=1S/C22H17F4NO3/c1-2-29-20-8-3-5-14(21(20)28)13-27-18-11-15(22(24,25)26)9-10-19(18)30-17-7-4-6-16(23)12-17/h3-13,28H,2H2,1H3. The molecule has 156 valence electrons. The van der Waals surface area contributed by atoms with Gasteiger partial charge in [-0.3, -0.25) is 4.99 Å². The molecular weight excluding hydrogens is 402 g/mol. The van der Waals surface area contributed by atoms with Crippen molar-refractivity contribution >= 4 is 11.9 Å². The maximum absolute atomic E-state index is 13.4. The molecule has 0 saturated heterocycles. The second-order valence-electron chi connectivity index (χ2n) is 6.12. The average molecular weight is 419 g/mol. The lowest BCUT2D eigenvalue weighted by Crippen LogP contribution is -2.04. The first kappa shape index (κ1) is 21.2. The minimum absolute atomic E-state index is 0.00898. The van der Waals surface area contributed by atoms with E-state index >= 15 is 0 Å². The molecule has 0 aliphatic carbocycles. The molecule has 0 aromatic heterocycles. The van der Waals surface area contributed by atoms with E-state index in [0.717, 1.165) is 24.3 Å². The number of hydrogen-bond donors (Lipinski definition) is 1. The van der Waals surface area contributed by atoms with E-state index in [-0.39, 0.29) is 34.2 Å². The molecule has 3 rings (SSSR count). The van der Waals surface area contributed by atoms with Crippen LogP contribution in [0.2, 0.25) is 0 Å². The first-order valence-electron chi connectivity index (χ1n) is 8.91. The number of alkyl halides is 3. The second-order valence-corrected chi connectivity index (χ2v) is 6.12. The molecule has 3 aromatic carbocycles. The van der Waals surface area contributed by atoms with Crippen molar-refractivity contribution in [2.24, 2.45) is 4.99 Å². The molecule has 0 saturated carbocycles. The zero-order chi connectivity index (χ0) is 21.7. The van der Waals surface area contributed by atoms with Crippen LogP contribution in [0.4, 0.5) is 23.2 Å². The van der Waals surface area contributed by atoms with E-state index in [1.807, 2.05) is 0 Å². The second kappa shape index (κ2) is 8.86. The van der Waals surface area contributed by atoms with Crippen molar-refractivity contribution in [1.29, 1.82) is 0 Å². The van der Waals surface area contributed by atoms with Crippen molar-refractivity contribution in [3.05, 3.63) is 77.6 Å². The highest BCUT2D eigenvalue weighted by Crippen LogP contribution is 2.38. The van der Waals surface area contributed by atoms with Crippen LogP contribution >= 0.6 is 0 Å². The van der Waals surface area contributed by atoms with Crippen LogP contribution in [0.5, 0.6) is 23.0 Å². The molecule has 0 amide bonds. The fourth-order valence-corrected chi connectivity index (χ4v) is 2.59. The van der Waals surface area contributed by atoms with Crippen LogP contribution in [0.3, 0.4) is 0 Å². The summed E-state index contributed by atoms with van der Waals surface area (Å²) in [6, 6.07) is 12.7. The van der Waals surface area contributed by atoms with Crippen molar-refractivity contribution in [2.75, 3.05) is 6.61 Å². The molecule has 30 heavy (non-hydrogen) atoms. The van der Waals surface area contributed by atoms with Crippen LogP contribution in [0.15, 0.2) is 65.7 Å². The molecule has 3 aromatic rings. The van der Waals surface area contributed by atoms with Gasteiger partial charge in [-0.2, -0.15) is 13.2 Å². The van der Waals surface area contributed by atoms with Gasteiger partial charge >= 0.3 is 6.18 Å². The minimum atomic E-state index is -4.58. The van der Waals surface area contributed by atoms with Crippen molar-refractivity contribution < 1.29 is 32.1 Å². The zero-order valence-electron chi connectivity index (χ0n) is 15.8. The van der Waals surface area contributed by atoms with Gasteiger partial charge in [0, 0.05) is 17.8 Å². The quantitative estimate of drug-likeness (QED) is 0.367. The van der Waals surface area contributed by atoms with Gasteiger partial charge in [0.25, 0.3) is 0 Å². The van der Waals surface area contributed by atoms with E-state index in [4.69, 9.17) is 9.47 Å². The Bertz CT molecular complexity index is 1060. The van der Waals surface area contributed by atoms with Crippen molar-refractivity contribution in [1.82, 2.24) is 0 Å². The van der Waals surface area contributed by atoms with Gasteiger partial charge in [0.1, 0.15) is 17.3 Å². The van der Waals surface area contributed by atoms with Crippen LogP contribution in [0.25, 0.3) is 0 Å². The largest absolute Gasteiger partial charge is 0.504 e. The van der Waals surface area contributed by atoms with E-state index in [1.54, 1.807) is 19.1 Å². The van der Waals surface area contributed by atoms with Gasteiger partial charge in [-0.05, 0) is 49.4 Å². The molecule has 0 spiro atoms. The predicted molar refractivity (Wildman–Crippen MR) is 104 cm³/mol. The molecule has 0 bridgehead atoms. The summed E-state index contributed by atoms with van der Waals surface area (Å²) in [7, 11) is 0. The number of phenolic OH excluding ortho intramolecular Hbond substituents is 1. The third-order valence-electron chi connectivity index (χ3n) is 3.98. The molecule has 1 N–H and O–H groups in total. The van der Waals surface area contributed by atoms with Crippen LogP contribution in [0, 0.1) is 5.82 Å². The van der Waals surface area contributed by atoms with Crippen LogP contribution in [0.1, 0.15) is 18.1 Å².